The number of anilines is 1. The molecule has 0 spiro atoms. The zero-order valence-corrected chi connectivity index (χ0v) is 14.1. The van der Waals surface area contributed by atoms with Crippen LogP contribution in [-0.4, -0.2) is 43.9 Å². The number of amides is 1. The van der Waals surface area contributed by atoms with Gasteiger partial charge in [-0.05, 0) is 36.2 Å². The highest BCUT2D eigenvalue weighted by molar-refractivity contribution is 5.93. The number of carbonyl (C=O) groups is 2. The van der Waals surface area contributed by atoms with E-state index in [0.29, 0.717) is 18.0 Å². The number of ether oxygens (including phenoxy) is 2. The van der Waals surface area contributed by atoms with Gasteiger partial charge in [-0.1, -0.05) is 30.3 Å². The lowest BCUT2D eigenvalue weighted by atomic mass is 10.2. The Balaban J connectivity index is 1.76. The van der Waals surface area contributed by atoms with Crippen molar-refractivity contribution >= 4 is 17.6 Å². The first kappa shape index (κ1) is 18.5. The lowest BCUT2D eigenvalue weighted by Gasteiger charge is -2.17. The topological polar surface area (TPSA) is 76.1 Å². The number of carboxylic acid groups (broad SMARTS) is 1. The normalized spacial score (nSPS) is 10.3. The van der Waals surface area contributed by atoms with Gasteiger partial charge in [-0.25, -0.2) is 4.79 Å². The van der Waals surface area contributed by atoms with Crippen molar-refractivity contribution in [3.05, 3.63) is 60.2 Å². The molecule has 2 rings (SSSR count). The molecule has 6 heteroatoms. The molecule has 6 nitrogen and oxygen atoms in total. The minimum atomic E-state index is -1.04. The molecule has 0 fully saturated rings. The Morgan fingerprint density at radius 3 is 2.32 bits per heavy atom. The van der Waals surface area contributed by atoms with Gasteiger partial charge in [-0.3, -0.25) is 4.79 Å². The molecule has 0 saturated carbocycles. The minimum absolute atomic E-state index is 0.000594. The number of carboxylic acids is 1. The van der Waals surface area contributed by atoms with Crippen molar-refractivity contribution in [3.63, 3.8) is 0 Å². The van der Waals surface area contributed by atoms with Crippen molar-refractivity contribution in [1.82, 2.24) is 0 Å². The molecule has 0 unspecified atom stereocenters. The molecule has 0 radical (unpaired) electrons. The summed E-state index contributed by atoms with van der Waals surface area (Å²) in [7, 11) is 1.66. The second-order valence-corrected chi connectivity index (χ2v) is 5.42. The van der Waals surface area contributed by atoms with Crippen molar-refractivity contribution in [2.75, 3.05) is 31.8 Å². The van der Waals surface area contributed by atoms with Gasteiger partial charge in [0.1, 0.15) is 12.4 Å². The number of hydrogen-bond acceptors (Lipinski definition) is 4. The summed E-state index contributed by atoms with van der Waals surface area (Å²) >= 11 is 0. The molecule has 0 aromatic heterocycles. The first-order chi connectivity index (χ1) is 12.1. The van der Waals surface area contributed by atoms with Gasteiger partial charge in [0.05, 0.1) is 6.61 Å². The Hall–Kier alpha value is -2.86. The van der Waals surface area contributed by atoms with Crippen LogP contribution in [0.4, 0.5) is 5.69 Å². The Morgan fingerprint density at radius 1 is 1.00 bits per heavy atom. The van der Waals surface area contributed by atoms with Gasteiger partial charge >= 0.3 is 5.97 Å². The standard InChI is InChI=1S/C19H21NO5/c1-20(16-7-9-17(10-8-16)25-14-19(22)23)18(21)13-24-12-11-15-5-3-2-4-6-15/h2-10H,11-14H2,1H3,(H,22,23). The third-order valence-electron chi connectivity index (χ3n) is 3.56. The van der Waals surface area contributed by atoms with E-state index >= 15 is 0 Å². The molecule has 0 aliphatic carbocycles. The largest absolute Gasteiger partial charge is 0.482 e. The molecule has 0 aliphatic heterocycles. The van der Waals surface area contributed by atoms with Crippen LogP contribution in [0.2, 0.25) is 0 Å². The second kappa shape index (κ2) is 9.44. The SMILES string of the molecule is CN(C(=O)COCCc1ccccc1)c1ccc(OCC(=O)O)cc1. The van der Waals surface area contributed by atoms with Crippen LogP contribution in [0.15, 0.2) is 54.6 Å². The van der Waals surface area contributed by atoms with E-state index in [1.165, 1.54) is 10.5 Å². The number of rotatable bonds is 9. The third kappa shape index (κ3) is 6.27. The van der Waals surface area contributed by atoms with Crippen molar-refractivity contribution < 1.29 is 24.2 Å². The number of carbonyl (C=O) groups excluding carboxylic acids is 1. The van der Waals surface area contributed by atoms with Gasteiger partial charge in [-0.15, -0.1) is 0 Å². The van der Waals surface area contributed by atoms with Crippen molar-refractivity contribution in [2.45, 2.75) is 6.42 Å². The molecule has 2 aromatic carbocycles. The molecule has 0 atom stereocenters. The second-order valence-electron chi connectivity index (χ2n) is 5.42. The average Bonchev–Trinajstić information content (AvgIpc) is 2.64. The molecule has 0 heterocycles. The lowest BCUT2D eigenvalue weighted by Crippen LogP contribution is -2.30. The van der Waals surface area contributed by atoms with Gasteiger partial charge in [0.15, 0.2) is 6.61 Å². The van der Waals surface area contributed by atoms with E-state index in [2.05, 4.69) is 0 Å². The quantitative estimate of drug-likeness (QED) is 0.708. The van der Waals surface area contributed by atoms with Crippen molar-refractivity contribution in [2.24, 2.45) is 0 Å². The minimum Gasteiger partial charge on any atom is -0.482 e. The summed E-state index contributed by atoms with van der Waals surface area (Å²) < 4.78 is 10.5. The van der Waals surface area contributed by atoms with E-state index < -0.39 is 12.6 Å². The van der Waals surface area contributed by atoms with Gasteiger partial charge in [0.2, 0.25) is 0 Å². The van der Waals surface area contributed by atoms with Gasteiger partial charge in [0, 0.05) is 12.7 Å². The van der Waals surface area contributed by atoms with Crippen LogP contribution in [0.1, 0.15) is 5.56 Å². The van der Waals surface area contributed by atoms with Crippen LogP contribution in [0, 0.1) is 0 Å². The van der Waals surface area contributed by atoms with Crippen LogP contribution in [-0.2, 0) is 20.7 Å². The summed E-state index contributed by atoms with van der Waals surface area (Å²) in [6.45, 7) is 0.0789. The zero-order chi connectivity index (χ0) is 18.1. The van der Waals surface area contributed by atoms with Crippen LogP contribution in [0.25, 0.3) is 0 Å². The van der Waals surface area contributed by atoms with Gasteiger partial charge < -0.3 is 19.5 Å². The van der Waals surface area contributed by atoms with Crippen LogP contribution in [0.3, 0.4) is 0 Å². The molecule has 0 bridgehead atoms. The molecular weight excluding hydrogens is 322 g/mol. The number of nitrogens with zero attached hydrogens (tertiary/aromatic N) is 1. The molecule has 132 valence electrons. The van der Waals surface area contributed by atoms with E-state index in [1.807, 2.05) is 30.3 Å². The summed E-state index contributed by atoms with van der Waals surface area (Å²) in [6, 6.07) is 16.6. The van der Waals surface area contributed by atoms with Crippen molar-refractivity contribution in [1.29, 1.82) is 0 Å². The maximum atomic E-state index is 12.1. The Morgan fingerprint density at radius 2 is 1.68 bits per heavy atom. The van der Waals surface area contributed by atoms with Crippen LogP contribution in [0.5, 0.6) is 5.75 Å². The molecular formula is C19H21NO5. The predicted octanol–water partition coefficient (Wildman–Crippen LogP) is 2.37. The first-order valence-electron chi connectivity index (χ1n) is 7.89. The van der Waals surface area contributed by atoms with E-state index in [4.69, 9.17) is 14.6 Å². The number of aliphatic carboxylic acids is 1. The van der Waals surface area contributed by atoms with Gasteiger partial charge in [-0.2, -0.15) is 0 Å². The van der Waals surface area contributed by atoms with Crippen molar-refractivity contribution in [3.8, 4) is 5.75 Å². The fraction of sp³-hybridized carbons (Fsp3) is 0.263. The molecule has 1 N–H and O–H groups in total. The Kier molecular flexibility index (Phi) is 6.98. The number of hydrogen-bond donors (Lipinski definition) is 1. The Labute approximate surface area is 146 Å². The maximum Gasteiger partial charge on any atom is 0.341 e. The van der Waals surface area contributed by atoms with Crippen LogP contribution >= 0.6 is 0 Å². The maximum absolute atomic E-state index is 12.1. The first-order valence-corrected chi connectivity index (χ1v) is 7.89. The van der Waals surface area contributed by atoms with E-state index in [1.54, 1.807) is 31.3 Å². The highest BCUT2D eigenvalue weighted by atomic mass is 16.5. The summed E-state index contributed by atoms with van der Waals surface area (Å²) in [5.74, 6) is -0.762. The monoisotopic (exact) mass is 343 g/mol. The fourth-order valence-electron chi connectivity index (χ4n) is 2.15. The van der Waals surface area contributed by atoms with E-state index in [-0.39, 0.29) is 12.5 Å². The lowest BCUT2D eigenvalue weighted by molar-refractivity contribution is -0.139. The molecule has 2 aromatic rings. The number of likely N-dealkylation sites (N-methyl/N-ethyl adjacent to an activating group) is 1. The average molecular weight is 343 g/mol. The van der Waals surface area contributed by atoms with Crippen LogP contribution < -0.4 is 9.64 Å². The molecule has 0 aliphatic rings. The summed E-state index contributed by atoms with van der Waals surface area (Å²) in [6.07, 6.45) is 0.757. The summed E-state index contributed by atoms with van der Waals surface area (Å²) in [5, 5.41) is 8.57. The summed E-state index contributed by atoms with van der Waals surface area (Å²) in [4.78, 5) is 24.1. The fourth-order valence-corrected chi connectivity index (χ4v) is 2.15. The van der Waals surface area contributed by atoms with E-state index in [9.17, 15) is 9.59 Å². The smallest absolute Gasteiger partial charge is 0.341 e. The highest BCUT2D eigenvalue weighted by Crippen LogP contribution is 2.18. The molecule has 1 amide bonds. The Bertz CT molecular complexity index is 685. The zero-order valence-electron chi connectivity index (χ0n) is 14.1. The molecule has 0 saturated heterocycles. The van der Waals surface area contributed by atoms with E-state index in [0.717, 1.165) is 6.42 Å². The molecule has 25 heavy (non-hydrogen) atoms. The summed E-state index contributed by atoms with van der Waals surface area (Å²) in [5.41, 5.74) is 1.85. The predicted molar refractivity (Wildman–Crippen MR) is 93.9 cm³/mol. The highest BCUT2D eigenvalue weighted by Gasteiger charge is 2.11. The van der Waals surface area contributed by atoms with Gasteiger partial charge in [0.25, 0.3) is 5.91 Å². The third-order valence-corrected chi connectivity index (χ3v) is 3.56. The number of benzene rings is 2.